The first-order valence-corrected chi connectivity index (χ1v) is 6.73. The first-order chi connectivity index (χ1) is 9.70. The van der Waals surface area contributed by atoms with E-state index >= 15 is 0 Å². The number of rotatable bonds is 4. The third-order valence-corrected chi connectivity index (χ3v) is 4.44. The van der Waals surface area contributed by atoms with E-state index in [2.05, 4.69) is 24.8 Å². The number of amides is 1. The molecule has 0 radical (unpaired) electrons. The highest BCUT2D eigenvalue weighted by Crippen LogP contribution is 2.65. The molecule has 0 atom stereocenters. The molecule has 0 spiro atoms. The lowest BCUT2D eigenvalue weighted by Gasteiger charge is -2.70. The molecule has 3 saturated carbocycles. The number of nitrogens with zero attached hydrogens (tertiary/aromatic N) is 4. The quantitative estimate of drug-likeness (QED) is 0.885. The zero-order valence-corrected chi connectivity index (χ0v) is 11.0. The van der Waals surface area contributed by atoms with Crippen LogP contribution in [0.15, 0.2) is 37.4 Å². The van der Waals surface area contributed by atoms with Gasteiger partial charge in [0.2, 0.25) is 5.91 Å². The largest absolute Gasteiger partial charge is 0.350 e. The van der Waals surface area contributed by atoms with E-state index in [-0.39, 0.29) is 17.0 Å². The van der Waals surface area contributed by atoms with Crippen LogP contribution in [0.2, 0.25) is 0 Å². The minimum Gasteiger partial charge on any atom is -0.350 e. The van der Waals surface area contributed by atoms with Crippen LogP contribution in [0.5, 0.6) is 0 Å². The summed E-state index contributed by atoms with van der Waals surface area (Å²) in [7, 11) is 0. The summed E-state index contributed by atoms with van der Waals surface area (Å²) in [5, 5.41) is 3.17. The Balaban J connectivity index is 1.35. The average molecular weight is 269 g/mol. The normalized spacial score (nSPS) is 30.2. The van der Waals surface area contributed by atoms with Crippen LogP contribution in [0.4, 0.5) is 0 Å². The minimum atomic E-state index is 0.0109. The average Bonchev–Trinajstić information content (AvgIpc) is 2.87. The SMILES string of the molecule is O=C(Cc1cncnc1)NC12CC(n3ccnc3)(C1)C2. The van der Waals surface area contributed by atoms with Gasteiger partial charge in [-0.05, 0) is 24.8 Å². The third-order valence-electron chi connectivity index (χ3n) is 4.44. The van der Waals surface area contributed by atoms with E-state index in [1.165, 1.54) is 6.33 Å². The predicted octanol–water partition coefficient (Wildman–Crippen LogP) is 0.664. The molecule has 0 aromatic carbocycles. The second-order valence-corrected chi connectivity index (χ2v) is 5.98. The molecule has 2 aromatic rings. The van der Waals surface area contributed by atoms with Crippen molar-refractivity contribution in [3.05, 3.63) is 43.0 Å². The summed E-state index contributed by atoms with van der Waals surface area (Å²) in [5.74, 6) is 0.0544. The van der Waals surface area contributed by atoms with Gasteiger partial charge in [-0.2, -0.15) is 0 Å². The Morgan fingerprint density at radius 1 is 1.25 bits per heavy atom. The zero-order chi connectivity index (χ0) is 13.6. The number of hydrogen-bond acceptors (Lipinski definition) is 4. The van der Waals surface area contributed by atoms with Crippen molar-refractivity contribution < 1.29 is 4.79 Å². The van der Waals surface area contributed by atoms with Crippen molar-refractivity contribution >= 4 is 5.91 Å². The Kier molecular flexibility index (Phi) is 2.24. The van der Waals surface area contributed by atoms with Crippen molar-refractivity contribution in [3.8, 4) is 0 Å². The fourth-order valence-electron chi connectivity index (χ4n) is 3.63. The topological polar surface area (TPSA) is 72.7 Å². The van der Waals surface area contributed by atoms with Gasteiger partial charge in [-0.15, -0.1) is 0 Å². The summed E-state index contributed by atoms with van der Waals surface area (Å²) < 4.78 is 2.17. The van der Waals surface area contributed by atoms with Crippen LogP contribution in [0.1, 0.15) is 24.8 Å². The molecule has 2 bridgehead atoms. The molecule has 0 unspecified atom stereocenters. The Labute approximate surface area is 116 Å². The summed E-state index contributed by atoms with van der Waals surface area (Å²) >= 11 is 0. The lowest BCUT2D eigenvalue weighted by molar-refractivity contribution is -0.155. The van der Waals surface area contributed by atoms with E-state index < -0.39 is 0 Å². The molecule has 3 aliphatic rings. The maximum Gasteiger partial charge on any atom is 0.224 e. The summed E-state index contributed by atoms with van der Waals surface area (Å²) in [5.41, 5.74) is 1.07. The summed E-state index contributed by atoms with van der Waals surface area (Å²) in [6.45, 7) is 0. The predicted molar refractivity (Wildman–Crippen MR) is 70.7 cm³/mol. The van der Waals surface area contributed by atoms with Crippen LogP contribution < -0.4 is 5.32 Å². The maximum absolute atomic E-state index is 12.1. The first-order valence-electron chi connectivity index (χ1n) is 6.73. The monoisotopic (exact) mass is 269 g/mol. The molecular weight excluding hydrogens is 254 g/mol. The number of aromatic nitrogens is 4. The van der Waals surface area contributed by atoms with Gasteiger partial charge in [0.1, 0.15) is 6.33 Å². The van der Waals surface area contributed by atoms with E-state index in [4.69, 9.17) is 0 Å². The second-order valence-electron chi connectivity index (χ2n) is 5.98. The number of nitrogens with one attached hydrogen (secondary N) is 1. The van der Waals surface area contributed by atoms with Crippen molar-refractivity contribution in [2.24, 2.45) is 0 Å². The van der Waals surface area contributed by atoms with Gasteiger partial charge in [0.15, 0.2) is 0 Å². The van der Waals surface area contributed by atoms with Gasteiger partial charge in [-0.1, -0.05) is 0 Å². The van der Waals surface area contributed by atoms with Gasteiger partial charge in [0.05, 0.1) is 18.3 Å². The molecule has 0 aliphatic heterocycles. The van der Waals surface area contributed by atoms with Crippen molar-refractivity contribution in [1.29, 1.82) is 0 Å². The summed E-state index contributed by atoms with van der Waals surface area (Å²) in [4.78, 5) is 24.0. The molecule has 2 heterocycles. The van der Waals surface area contributed by atoms with Gasteiger partial charge in [0.25, 0.3) is 0 Å². The van der Waals surface area contributed by atoms with Crippen molar-refractivity contribution in [3.63, 3.8) is 0 Å². The Bertz CT molecular complexity index is 617. The summed E-state index contributed by atoms with van der Waals surface area (Å²) in [6.07, 6.45) is 13.9. The van der Waals surface area contributed by atoms with E-state index in [9.17, 15) is 4.79 Å². The standard InChI is InChI=1S/C14H15N5O/c20-12(3-11-4-16-9-17-5-11)18-13-6-14(7-13,8-13)19-2-1-15-10-19/h1-2,4-5,9-10H,3,6-8H2,(H,18,20). The number of carbonyl (C=O) groups is 1. The van der Waals surface area contributed by atoms with Crippen LogP contribution in [0, 0.1) is 0 Å². The number of carbonyl (C=O) groups excluding carboxylic acids is 1. The van der Waals surface area contributed by atoms with Crippen molar-refractivity contribution in [2.75, 3.05) is 0 Å². The fraction of sp³-hybridized carbons (Fsp3) is 0.429. The van der Waals surface area contributed by atoms with Crippen LogP contribution in [0.25, 0.3) is 0 Å². The van der Waals surface area contributed by atoms with Gasteiger partial charge in [-0.3, -0.25) is 4.79 Å². The Morgan fingerprint density at radius 2 is 2.00 bits per heavy atom. The van der Waals surface area contributed by atoms with Gasteiger partial charge in [-0.25, -0.2) is 15.0 Å². The van der Waals surface area contributed by atoms with Crippen LogP contribution in [-0.2, 0) is 16.8 Å². The molecular formula is C14H15N5O. The van der Waals surface area contributed by atoms with Gasteiger partial charge in [0, 0.05) is 30.3 Å². The first kappa shape index (κ1) is 11.6. The van der Waals surface area contributed by atoms with Crippen LogP contribution in [-0.4, -0.2) is 31.0 Å². The fourth-order valence-corrected chi connectivity index (χ4v) is 3.63. The molecule has 6 nitrogen and oxygen atoms in total. The van der Waals surface area contributed by atoms with Gasteiger partial charge < -0.3 is 9.88 Å². The number of imidazole rings is 1. The highest BCUT2D eigenvalue weighted by Gasteiger charge is 2.69. The van der Waals surface area contributed by atoms with E-state index in [1.807, 2.05) is 12.5 Å². The van der Waals surface area contributed by atoms with Gasteiger partial charge >= 0.3 is 0 Å². The van der Waals surface area contributed by atoms with E-state index in [0.29, 0.717) is 6.42 Å². The smallest absolute Gasteiger partial charge is 0.224 e. The molecule has 1 N–H and O–H groups in total. The molecule has 5 rings (SSSR count). The number of hydrogen-bond donors (Lipinski definition) is 1. The molecule has 3 aliphatic carbocycles. The van der Waals surface area contributed by atoms with E-state index in [1.54, 1.807) is 18.6 Å². The molecule has 1 amide bonds. The molecule has 6 heteroatoms. The van der Waals surface area contributed by atoms with Crippen molar-refractivity contribution in [1.82, 2.24) is 24.8 Å². The Morgan fingerprint density at radius 3 is 2.65 bits per heavy atom. The third kappa shape index (κ3) is 1.64. The van der Waals surface area contributed by atoms with Crippen LogP contribution in [0.3, 0.4) is 0 Å². The highest BCUT2D eigenvalue weighted by atomic mass is 16.1. The van der Waals surface area contributed by atoms with Crippen LogP contribution >= 0.6 is 0 Å². The lowest BCUT2D eigenvalue weighted by Crippen LogP contribution is -2.78. The molecule has 3 fully saturated rings. The lowest BCUT2D eigenvalue weighted by atomic mass is 9.44. The minimum absolute atomic E-state index is 0.0109. The maximum atomic E-state index is 12.1. The molecule has 0 saturated heterocycles. The summed E-state index contributed by atoms with van der Waals surface area (Å²) in [6, 6.07) is 0. The molecule has 20 heavy (non-hydrogen) atoms. The molecule has 2 aromatic heterocycles. The second kappa shape index (κ2) is 3.88. The molecule has 102 valence electrons. The zero-order valence-electron chi connectivity index (χ0n) is 11.0. The van der Waals surface area contributed by atoms with Crippen molar-refractivity contribution in [2.45, 2.75) is 36.8 Å². The highest BCUT2D eigenvalue weighted by molar-refractivity contribution is 5.79. The van der Waals surface area contributed by atoms with E-state index in [0.717, 1.165) is 24.8 Å². The Hall–Kier alpha value is -2.24.